The van der Waals surface area contributed by atoms with E-state index in [1.54, 1.807) is 6.33 Å². The van der Waals surface area contributed by atoms with Gasteiger partial charge >= 0.3 is 0 Å². The number of hydrogen-bond acceptors (Lipinski definition) is 4. The van der Waals surface area contributed by atoms with E-state index >= 15 is 0 Å². The lowest BCUT2D eigenvalue weighted by molar-refractivity contribution is 0.401. The lowest BCUT2D eigenvalue weighted by atomic mass is 10.4. The van der Waals surface area contributed by atoms with Crippen molar-refractivity contribution in [3.05, 3.63) is 12.2 Å². The highest BCUT2D eigenvalue weighted by atomic mass is 32.2. The van der Waals surface area contributed by atoms with Crippen LogP contribution in [0.15, 0.2) is 6.33 Å². The molecule has 7 nitrogen and oxygen atoms in total. The quantitative estimate of drug-likeness (QED) is 0.718. The van der Waals surface area contributed by atoms with Crippen LogP contribution in [-0.2, 0) is 23.3 Å². The van der Waals surface area contributed by atoms with Crippen molar-refractivity contribution in [3.63, 3.8) is 0 Å². The molecular weight excluding hydrogens is 242 g/mol. The molecule has 0 aliphatic heterocycles. The Balaban J connectivity index is 2.81. The van der Waals surface area contributed by atoms with E-state index in [1.165, 1.54) is 29.8 Å². The molecular formula is C9H19N5O2S. The van der Waals surface area contributed by atoms with Gasteiger partial charge in [0, 0.05) is 27.7 Å². The first kappa shape index (κ1) is 14.1. The Labute approximate surface area is 102 Å². The van der Waals surface area contributed by atoms with Crippen molar-refractivity contribution in [1.82, 2.24) is 23.4 Å². The molecule has 1 rings (SSSR count). The molecule has 98 valence electrons. The number of nitrogens with zero attached hydrogens (tertiary/aromatic N) is 5. The maximum absolute atomic E-state index is 11.8. The number of rotatable bonds is 6. The third-order valence-electron chi connectivity index (χ3n) is 2.38. The molecule has 0 unspecified atom stereocenters. The van der Waals surface area contributed by atoms with Gasteiger partial charge in [-0.2, -0.15) is 17.0 Å². The van der Waals surface area contributed by atoms with Gasteiger partial charge in [0.25, 0.3) is 10.2 Å². The summed E-state index contributed by atoms with van der Waals surface area (Å²) in [5, 5.41) is 7.73. The summed E-state index contributed by atoms with van der Waals surface area (Å²) in [5.41, 5.74) is 0. The normalized spacial score (nSPS) is 12.6. The molecule has 0 amide bonds. The molecule has 0 aliphatic carbocycles. The molecule has 0 spiro atoms. The first-order valence-corrected chi connectivity index (χ1v) is 6.79. The Morgan fingerprint density at radius 3 is 2.53 bits per heavy atom. The van der Waals surface area contributed by atoms with Crippen LogP contribution in [0.25, 0.3) is 0 Å². The summed E-state index contributed by atoms with van der Waals surface area (Å²) in [6.07, 6.45) is 2.57. The van der Waals surface area contributed by atoms with Gasteiger partial charge in [0.2, 0.25) is 0 Å². The molecule has 0 fully saturated rings. The second-order valence-corrected chi connectivity index (χ2v) is 6.24. The van der Waals surface area contributed by atoms with Crippen molar-refractivity contribution in [1.29, 1.82) is 0 Å². The van der Waals surface area contributed by atoms with Crippen LogP contribution in [0, 0.1) is 0 Å². The highest BCUT2D eigenvalue weighted by molar-refractivity contribution is 7.86. The van der Waals surface area contributed by atoms with Crippen LogP contribution in [0.5, 0.6) is 0 Å². The lowest BCUT2D eigenvalue weighted by Gasteiger charge is -2.20. The summed E-state index contributed by atoms with van der Waals surface area (Å²) in [6, 6.07) is 0. The fraction of sp³-hybridized carbons (Fsp3) is 0.778. The van der Waals surface area contributed by atoms with Crippen molar-refractivity contribution in [2.45, 2.75) is 26.4 Å². The Kier molecular flexibility index (Phi) is 4.61. The molecule has 1 aromatic heterocycles. The maximum atomic E-state index is 11.8. The standard InChI is InChI=1S/C9H19N5O2S/c1-5-6-14-8-10-11-9(14)7-13(4)17(15,16)12(2)3/h8H,5-7H2,1-4H3. The molecule has 0 aromatic carbocycles. The van der Waals surface area contributed by atoms with Gasteiger partial charge in [0.15, 0.2) is 0 Å². The lowest BCUT2D eigenvalue weighted by Crippen LogP contribution is -2.37. The summed E-state index contributed by atoms with van der Waals surface area (Å²) < 4.78 is 27.9. The zero-order valence-electron chi connectivity index (χ0n) is 10.7. The van der Waals surface area contributed by atoms with Gasteiger partial charge in [-0.3, -0.25) is 0 Å². The molecule has 8 heteroatoms. The third kappa shape index (κ3) is 3.24. The maximum Gasteiger partial charge on any atom is 0.281 e. The van der Waals surface area contributed by atoms with Crippen molar-refractivity contribution in [2.24, 2.45) is 0 Å². The zero-order chi connectivity index (χ0) is 13.1. The van der Waals surface area contributed by atoms with E-state index in [4.69, 9.17) is 0 Å². The molecule has 1 heterocycles. The largest absolute Gasteiger partial charge is 0.316 e. The van der Waals surface area contributed by atoms with Gasteiger partial charge in [-0.25, -0.2) is 0 Å². The van der Waals surface area contributed by atoms with E-state index < -0.39 is 10.2 Å². The summed E-state index contributed by atoms with van der Waals surface area (Å²) in [7, 11) is 1.13. The Morgan fingerprint density at radius 2 is 2.00 bits per heavy atom. The second-order valence-electron chi connectivity index (χ2n) is 3.99. The molecule has 0 N–H and O–H groups in total. The van der Waals surface area contributed by atoms with Crippen LogP contribution in [0.4, 0.5) is 0 Å². The van der Waals surface area contributed by atoms with Crippen molar-refractivity contribution >= 4 is 10.2 Å². The van der Waals surface area contributed by atoms with E-state index in [0.717, 1.165) is 13.0 Å². The smallest absolute Gasteiger partial charge is 0.281 e. The minimum absolute atomic E-state index is 0.223. The van der Waals surface area contributed by atoms with Gasteiger partial charge in [-0.15, -0.1) is 10.2 Å². The molecule has 0 saturated carbocycles. The molecule has 0 aliphatic rings. The number of aryl methyl sites for hydroxylation is 1. The summed E-state index contributed by atoms with van der Waals surface area (Å²) in [6.45, 7) is 3.06. The molecule has 0 radical (unpaired) electrons. The average molecular weight is 261 g/mol. The summed E-state index contributed by atoms with van der Waals surface area (Å²) >= 11 is 0. The van der Waals surface area contributed by atoms with Crippen LogP contribution < -0.4 is 0 Å². The van der Waals surface area contributed by atoms with E-state index in [1.807, 2.05) is 11.5 Å². The van der Waals surface area contributed by atoms with Gasteiger partial charge in [0.05, 0.1) is 6.54 Å². The van der Waals surface area contributed by atoms with Gasteiger partial charge in [0.1, 0.15) is 12.2 Å². The fourth-order valence-corrected chi connectivity index (χ4v) is 2.22. The van der Waals surface area contributed by atoms with Crippen LogP contribution in [-0.4, -0.2) is 52.9 Å². The van der Waals surface area contributed by atoms with Crippen LogP contribution in [0.3, 0.4) is 0 Å². The summed E-state index contributed by atoms with van der Waals surface area (Å²) in [4.78, 5) is 0. The highest BCUT2D eigenvalue weighted by Crippen LogP contribution is 2.07. The monoisotopic (exact) mass is 261 g/mol. The Morgan fingerprint density at radius 1 is 1.35 bits per heavy atom. The second kappa shape index (κ2) is 5.56. The fourth-order valence-electron chi connectivity index (χ4n) is 1.39. The van der Waals surface area contributed by atoms with Crippen LogP contribution in [0.1, 0.15) is 19.2 Å². The van der Waals surface area contributed by atoms with Gasteiger partial charge < -0.3 is 4.57 Å². The molecule has 0 bridgehead atoms. The molecule has 0 saturated heterocycles. The van der Waals surface area contributed by atoms with Gasteiger partial charge in [-0.05, 0) is 6.42 Å². The third-order valence-corrected chi connectivity index (χ3v) is 4.22. The van der Waals surface area contributed by atoms with E-state index in [-0.39, 0.29) is 6.54 Å². The molecule has 0 atom stereocenters. The Bertz CT molecular complexity index is 454. The predicted molar refractivity (Wildman–Crippen MR) is 64.4 cm³/mol. The van der Waals surface area contributed by atoms with Crippen molar-refractivity contribution < 1.29 is 8.42 Å². The van der Waals surface area contributed by atoms with Crippen LogP contribution >= 0.6 is 0 Å². The van der Waals surface area contributed by atoms with E-state index in [0.29, 0.717) is 5.82 Å². The first-order valence-electron chi connectivity index (χ1n) is 5.40. The summed E-state index contributed by atoms with van der Waals surface area (Å²) in [5.74, 6) is 0.653. The minimum atomic E-state index is -3.40. The van der Waals surface area contributed by atoms with Crippen molar-refractivity contribution in [3.8, 4) is 0 Å². The average Bonchev–Trinajstić information content (AvgIpc) is 2.66. The molecule has 17 heavy (non-hydrogen) atoms. The predicted octanol–water partition coefficient (Wildman–Crippen LogP) is -0.0737. The number of hydrogen-bond donors (Lipinski definition) is 0. The first-order chi connectivity index (χ1) is 7.89. The number of aromatic nitrogens is 3. The SMILES string of the molecule is CCCn1cnnc1CN(C)S(=O)(=O)N(C)C. The minimum Gasteiger partial charge on any atom is -0.316 e. The van der Waals surface area contributed by atoms with Crippen molar-refractivity contribution in [2.75, 3.05) is 21.1 Å². The Hall–Kier alpha value is -0.990. The van der Waals surface area contributed by atoms with Gasteiger partial charge in [-0.1, -0.05) is 6.92 Å². The topological polar surface area (TPSA) is 71.3 Å². The molecule has 1 aromatic rings. The zero-order valence-corrected chi connectivity index (χ0v) is 11.5. The van der Waals surface area contributed by atoms with E-state index in [9.17, 15) is 8.42 Å². The van der Waals surface area contributed by atoms with Crippen LogP contribution in [0.2, 0.25) is 0 Å². The highest BCUT2D eigenvalue weighted by Gasteiger charge is 2.22. The van der Waals surface area contributed by atoms with E-state index in [2.05, 4.69) is 10.2 Å².